The summed E-state index contributed by atoms with van der Waals surface area (Å²) in [5.74, 6) is 0.914. The van der Waals surface area contributed by atoms with E-state index in [9.17, 15) is 4.79 Å². The van der Waals surface area contributed by atoms with Crippen molar-refractivity contribution in [2.75, 3.05) is 5.75 Å². The van der Waals surface area contributed by atoms with Crippen LogP contribution in [0.5, 0.6) is 0 Å². The Hall–Kier alpha value is -1.15. The molecule has 0 saturated heterocycles. The van der Waals surface area contributed by atoms with Crippen LogP contribution in [0.3, 0.4) is 0 Å². The lowest BCUT2D eigenvalue weighted by atomic mass is 10.3. The van der Waals surface area contributed by atoms with Crippen LogP contribution >= 0.6 is 46.9 Å². The summed E-state index contributed by atoms with van der Waals surface area (Å²) in [6.07, 6.45) is 1.02. The van der Waals surface area contributed by atoms with Crippen molar-refractivity contribution in [1.29, 1.82) is 0 Å². The summed E-state index contributed by atoms with van der Waals surface area (Å²) in [4.78, 5) is 17.3. The lowest BCUT2D eigenvalue weighted by molar-refractivity contribution is 0.722. The molecule has 1 aromatic carbocycles. The lowest BCUT2D eigenvalue weighted by Crippen LogP contribution is -2.19. The van der Waals surface area contributed by atoms with Crippen molar-refractivity contribution in [2.45, 2.75) is 18.5 Å². The number of benzene rings is 1. The maximum absolute atomic E-state index is 12.6. The first-order chi connectivity index (χ1) is 11.0. The highest BCUT2D eigenvalue weighted by molar-refractivity contribution is 7.99. The van der Waals surface area contributed by atoms with E-state index in [1.807, 2.05) is 16.7 Å². The summed E-state index contributed by atoms with van der Waals surface area (Å²) in [5.41, 5.74) is 1.42. The fourth-order valence-electron chi connectivity index (χ4n) is 2.15. The first-order valence-electron chi connectivity index (χ1n) is 7.04. The Labute approximate surface area is 151 Å². The van der Waals surface area contributed by atoms with Gasteiger partial charge < -0.3 is 0 Å². The number of hydrogen-bond acceptors (Lipinski definition) is 5. The molecule has 0 amide bonds. The second kappa shape index (κ2) is 6.76. The fraction of sp³-hybridized carbons (Fsp3) is 0.267. The molecular formula is C15H14ClN3OS3. The second-order valence-electron chi connectivity index (χ2n) is 4.94. The Morgan fingerprint density at radius 1 is 1.35 bits per heavy atom. The molecule has 0 saturated carbocycles. The summed E-state index contributed by atoms with van der Waals surface area (Å²) in [6.45, 7) is 2.10. The smallest absolute Gasteiger partial charge is 0.273 e. The zero-order valence-electron chi connectivity index (χ0n) is 12.6. The van der Waals surface area contributed by atoms with Gasteiger partial charge in [-0.05, 0) is 42.9 Å². The SMILES string of the molecule is CCCSc1nc2c(sc(=S)n2-c2ccc(Cl)cc2)c(=O)n1C. The first-order valence-corrected chi connectivity index (χ1v) is 9.63. The summed E-state index contributed by atoms with van der Waals surface area (Å²) in [6, 6.07) is 7.36. The Kier molecular flexibility index (Phi) is 4.91. The van der Waals surface area contributed by atoms with E-state index < -0.39 is 0 Å². The molecule has 0 N–H and O–H groups in total. The number of nitrogens with zero attached hydrogens (tertiary/aromatic N) is 3. The summed E-state index contributed by atoms with van der Waals surface area (Å²) in [5, 5.41) is 1.36. The molecule has 0 aliphatic carbocycles. The number of fused-ring (bicyclic) bond motifs is 1. The van der Waals surface area contributed by atoms with Crippen LogP contribution in [0.25, 0.3) is 16.0 Å². The maximum atomic E-state index is 12.6. The number of rotatable bonds is 4. The Morgan fingerprint density at radius 2 is 2.04 bits per heavy atom. The third-order valence-corrected chi connectivity index (χ3v) is 6.13. The Bertz CT molecular complexity index is 973. The number of aromatic nitrogens is 3. The van der Waals surface area contributed by atoms with Crippen molar-refractivity contribution in [3.8, 4) is 5.69 Å². The maximum Gasteiger partial charge on any atom is 0.273 e. The zero-order valence-corrected chi connectivity index (χ0v) is 15.8. The minimum Gasteiger partial charge on any atom is -0.289 e. The highest BCUT2D eigenvalue weighted by Crippen LogP contribution is 2.26. The summed E-state index contributed by atoms with van der Waals surface area (Å²) < 4.78 is 4.61. The van der Waals surface area contributed by atoms with Crippen LogP contribution in [0, 0.1) is 3.95 Å². The molecule has 3 aromatic rings. The van der Waals surface area contributed by atoms with Gasteiger partial charge in [-0.1, -0.05) is 41.6 Å². The minimum absolute atomic E-state index is 0.0579. The predicted octanol–water partition coefficient (Wildman–Crippen LogP) is 4.67. The highest BCUT2D eigenvalue weighted by Gasteiger charge is 2.16. The standard InChI is InChI=1S/C15H14ClN3OS3/c1-3-8-22-14-17-12-11(13(20)18(14)2)23-15(21)19(12)10-6-4-9(16)5-7-10/h4-7H,3,8H2,1-2H3. The normalized spacial score (nSPS) is 11.3. The molecule has 0 bridgehead atoms. The number of thiazole rings is 1. The summed E-state index contributed by atoms with van der Waals surface area (Å²) >= 11 is 14.3. The quantitative estimate of drug-likeness (QED) is 0.373. The summed E-state index contributed by atoms with van der Waals surface area (Å²) in [7, 11) is 1.75. The van der Waals surface area contributed by atoms with Crippen molar-refractivity contribution in [2.24, 2.45) is 7.05 Å². The number of thioether (sulfide) groups is 1. The van der Waals surface area contributed by atoms with E-state index in [4.69, 9.17) is 28.8 Å². The fourth-order valence-corrected chi connectivity index (χ4v) is 4.44. The average molecular weight is 384 g/mol. The second-order valence-corrected chi connectivity index (χ2v) is 8.08. The molecule has 3 rings (SSSR count). The molecule has 120 valence electrons. The monoisotopic (exact) mass is 383 g/mol. The third-order valence-electron chi connectivity index (χ3n) is 3.29. The molecule has 0 spiro atoms. The molecule has 0 fully saturated rings. The van der Waals surface area contributed by atoms with Crippen LogP contribution in [0.2, 0.25) is 5.02 Å². The van der Waals surface area contributed by atoms with Crippen molar-refractivity contribution in [3.05, 3.63) is 43.6 Å². The molecule has 0 radical (unpaired) electrons. The third kappa shape index (κ3) is 3.10. The zero-order chi connectivity index (χ0) is 16.6. The van der Waals surface area contributed by atoms with Crippen molar-refractivity contribution < 1.29 is 0 Å². The molecule has 0 unspecified atom stereocenters. The molecule has 0 aliphatic heterocycles. The van der Waals surface area contributed by atoms with Gasteiger partial charge in [0.2, 0.25) is 0 Å². The first kappa shape index (κ1) is 16.7. The number of hydrogen-bond donors (Lipinski definition) is 0. The topological polar surface area (TPSA) is 39.8 Å². The average Bonchev–Trinajstić information content (AvgIpc) is 2.87. The largest absolute Gasteiger partial charge is 0.289 e. The van der Waals surface area contributed by atoms with Crippen LogP contribution in [0.15, 0.2) is 34.2 Å². The van der Waals surface area contributed by atoms with Gasteiger partial charge in [-0.2, -0.15) is 0 Å². The van der Waals surface area contributed by atoms with Crippen molar-refractivity contribution in [1.82, 2.24) is 14.1 Å². The van der Waals surface area contributed by atoms with Gasteiger partial charge in [-0.3, -0.25) is 13.9 Å². The van der Waals surface area contributed by atoms with Crippen LogP contribution in [0.4, 0.5) is 0 Å². The molecule has 2 aromatic heterocycles. The van der Waals surface area contributed by atoms with Gasteiger partial charge in [-0.15, -0.1) is 0 Å². The van der Waals surface area contributed by atoms with E-state index >= 15 is 0 Å². The van der Waals surface area contributed by atoms with E-state index in [1.165, 1.54) is 11.3 Å². The van der Waals surface area contributed by atoms with Gasteiger partial charge >= 0.3 is 0 Å². The molecule has 4 nitrogen and oxygen atoms in total. The van der Waals surface area contributed by atoms with Gasteiger partial charge in [0.15, 0.2) is 14.8 Å². The van der Waals surface area contributed by atoms with E-state index in [0.29, 0.717) is 24.5 Å². The molecule has 8 heteroatoms. The Balaban J connectivity index is 2.28. The van der Waals surface area contributed by atoms with Gasteiger partial charge in [0.05, 0.1) is 0 Å². The van der Waals surface area contributed by atoms with Crippen molar-refractivity contribution >= 4 is 57.3 Å². The molecular weight excluding hydrogens is 370 g/mol. The van der Waals surface area contributed by atoms with E-state index in [2.05, 4.69) is 6.92 Å². The van der Waals surface area contributed by atoms with E-state index in [1.54, 1.807) is 35.5 Å². The molecule has 2 heterocycles. The molecule has 0 atom stereocenters. The van der Waals surface area contributed by atoms with Gasteiger partial charge in [0, 0.05) is 23.5 Å². The minimum atomic E-state index is -0.0579. The van der Waals surface area contributed by atoms with E-state index in [0.717, 1.165) is 17.9 Å². The van der Waals surface area contributed by atoms with Gasteiger partial charge in [0.1, 0.15) is 4.70 Å². The predicted molar refractivity (Wildman–Crippen MR) is 101 cm³/mol. The highest BCUT2D eigenvalue weighted by atomic mass is 35.5. The van der Waals surface area contributed by atoms with Crippen LogP contribution in [-0.4, -0.2) is 19.9 Å². The van der Waals surface area contributed by atoms with Gasteiger partial charge in [-0.25, -0.2) is 4.98 Å². The van der Waals surface area contributed by atoms with Crippen molar-refractivity contribution in [3.63, 3.8) is 0 Å². The lowest BCUT2D eigenvalue weighted by Gasteiger charge is -2.08. The van der Waals surface area contributed by atoms with E-state index in [-0.39, 0.29) is 5.56 Å². The van der Waals surface area contributed by atoms with Crippen LogP contribution in [-0.2, 0) is 7.05 Å². The number of halogens is 1. The van der Waals surface area contributed by atoms with Crippen LogP contribution < -0.4 is 5.56 Å². The Morgan fingerprint density at radius 3 is 2.70 bits per heavy atom. The van der Waals surface area contributed by atoms with Crippen LogP contribution in [0.1, 0.15) is 13.3 Å². The molecule has 0 aliphatic rings. The van der Waals surface area contributed by atoms with Gasteiger partial charge in [0.25, 0.3) is 5.56 Å². The molecule has 23 heavy (non-hydrogen) atoms.